The van der Waals surface area contributed by atoms with Crippen molar-refractivity contribution in [2.24, 2.45) is 17.3 Å². The summed E-state index contributed by atoms with van der Waals surface area (Å²) in [5, 5.41) is 3.05. The molecule has 2 saturated carbocycles. The van der Waals surface area contributed by atoms with Crippen LogP contribution in [0.3, 0.4) is 0 Å². The summed E-state index contributed by atoms with van der Waals surface area (Å²) in [5.41, 5.74) is 1.31. The molecule has 2 aliphatic carbocycles. The Bertz CT molecular complexity index is 1020. The number of rotatable bonds is 13. The van der Waals surface area contributed by atoms with Gasteiger partial charge >= 0.3 is 11.9 Å². The molecule has 1 heterocycles. The standard InChI is InChI=1S/C36H57N3O4/c1-8-36(6,7)35(41)42-22-21-37-34(40)28-16-14-13-15-27(28)33-29-19-17-25(38(9-2)10-3)23-31(29)43-32-24-26(18-20-30(32)33)39(11-4)12-5/h13-16,25-26,29-32H,8-12,17-24H2,1-7H3/p+1. The molecular formula is C36H58N3O4+. The number of esters is 1. The molecule has 6 atom stereocenters. The van der Waals surface area contributed by atoms with Crippen LogP contribution in [0.25, 0.3) is 0 Å². The lowest BCUT2D eigenvalue weighted by atomic mass is 9.61. The maximum atomic E-state index is 13.7. The Morgan fingerprint density at radius 3 is 1.93 bits per heavy atom. The van der Waals surface area contributed by atoms with Gasteiger partial charge in [0.15, 0.2) is 0 Å². The molecule has 1 saturated heterocycles. The monoisotopic (exact) mass is 596 g/mol. The van der Waals surface area contributed by atoms with Gasteiger partial charge in [0.25, 0.3) is 0 Å². The number of carbonyl (C=O) groups is 2. The Hall–Kier alpha value is -2.09. The summed E-state index contributed by atoms with van der Waals surface area (Å²) < 4.78 is 12.6. The molecule has 1 N–H and O–H groups in total. The van der Waals surface area contributed by atoms with Gasteiger partial charge in [-0.15, -0.1) is 0 Å². The van der Waals surface area contributed by atoms with Crippen molar-refractivity contribution < 1.29 is 19.1 Å². The van der Waals surface area contributed by atoms with Crippen LogP contribution < -0.4 is 5.32 Å². The molecule has 0 spiro atoms. The van der Waals surface area contributed by atoms with Gasteiger partial charge in [-0.3, -0.25) is 9.59 Å². The first-order valence-corrected chi connectivity index (χ1v) is 17.2. The highest BCUT2D eigenvalue weighted by atomic mass is 16.5. The van der Waals surface area contributed by atoms with Crippen molar-refractivity contribution in [3.05, 3.63) is 41.3 Å². The molecule has 1 aliphatic heterocycles. The Balaban J connectivity index is 1.56. The summed E-state index contributed by atoms with van der Waals surface area (Å²) in [6.45, 7) is 19.6. The van der Waals surface area contributed by atoms with E-state index in [9.17, 15) is 9.59 Å². The summed E-state index contributed by atoms with van der Waals surface area (Å²) in [7, 11) is 0. The number of ether oxygens (including phenoxy) is 2. The zero-order valence-corrected chi connectivity index (χ0v) is 28.0. The zero-order chi connectivity index (χ0) is 31.1. The van der Waals surface area contributed by atoms with E-state index in [-0.39, 0.29) is 30.7 Å². The van der Waals surface area contributed by atoms with E-state index in [1.54, 1.807) is 0 Å². The van der Waals surface area contributed by atoms with Crippen molar-refractivity contribution in [3.63, 3.8) is 0 Å². The molecule has 4 rings (SSSR count). The minimum atomic E-state index is -0.516. The summed E-state index contributed by atoms with van der Waals surface area (Å²) in [6, 6.07) is 9.28. The molecule has 1 aromatic carbocycles. The lowest BCUT2D eigenvalue weighted by molar-refractivity contribution is -0.153. The van der Waals surface area contributed by atoms with Crippen LogP contribution in [0.4, 0.5) is 0 Å². The Morgan fingerprint density at radius 1 is 0.884 bits per heavy atom. The number of nitrogens with zero attached hydrogens (tertiary/aromatic N) is 2. The predicted molar refractivity (Wildman–Crippen MR) is 173 cm³/mol. The maximum Gasteiger partial charge on any atom is 0.311 e. The zero-order valence-electron chi connectivity index (χ0n) is 28.0. The fourth-order valence-corrected chi connectivity index (χ4v) is 7.95. The molecule has 3 aliphatic rings. The summed E-state index contributed by atoms with van der Waals surface area (Å²) >= 11 is 0. The Kier molecular flexibility index (Phi) is 12.0. The summed E-state index contributed by atoms with van der Waals surface area (Å²) in [4.78, 5) is 31.2. The third-order valence-corrected chi connectivity index (χ3v) is 10.9. The molecule has 7 heteroatoms. The molecule has 0 aromatic heterocycles. The van der Waals surface area contributed by atoms with Crippen LogP contribution in [0.15, 0.2) is 24.3 Å². The molecule has 3 fully saturated rings. The van der Waals surface area contributed by atoms with E-state index in [2.05, 4.69) is 54.9 Å². The highest BCUT2D eigenvalue weighted by Crippen LogP contribution is 2.52. The molecule has 1 aromatic rings. The normalized spacial score (nSPS) is 27.5. The van der Waals surface area contributed by atoms with Crippen molar-refractivity contribution in [2.75, 3.05) is 39.3 Å². The quantitative estimate of drug-likeness (QED) is 0.168. The molecule has 240 valence electrons. The fourth-order valence-electron chi connectivity index (χ4n) is 7.95. The first-order chi connectivity index (χ1) is 20.7. The van der Waals surface area contributed by atoms with Gasteiger partial charge in [0.2, 0.25) is 0 Å². The van der Waals surface area contributed by atoms with Crippen LogP contribution in [-0.2, 0) is 14.3 Å². The largest absolute Gasteiger partial charge is 0.463 e. The minimum absolute atomic E-state index is 0.0952. The van der Waals surface area contributed by atoms with Gasteiger partial charge in [-0.05, 0) is 97.1 Å². The van der Waals surface area contributed by atoms with Gasteiger partial charge in [0.05, 0.1) is 36.0 Å². The number of fused-ring (bicyclic) bond motifs is 2. The first kappa shape index (κ1) is 33.8. The van der Waals surface area contributed by atoms with Crippen LogP contribution in [0.2, 0.25) is 0 Å². The maximum absolute atomic E-state index is 13.7. The molecule has 1 amide bonds. The van der Waals surface area contributed by atoms with Crippen LogP contribution in [0.1, 0.15) is 109 Å². The smallest absolute Gasteiger partial charge is 0.311 e. The highest BCUT2D eigenvalue weighted by molar-refractivity contribution is 5.96. The molecule has 0 bridgehead atoms. The van der Waals surface area contributed by atoms with Crippen LogP contribution in [0, 0.1) is 23.2 Å². The second-order valence-corrected chi connectivity index (χ2v) is 13.4. The van der Waals surface area contributed by atoms with E-state index in [0.29, 0.717) is 36.9 Å². The number of amides is 1. The number of hydrogen-bond acceptors (Lipinski definition) is 6. The minimum Gasteiger partial charge on any atom is -0.463 e. The van der Waals surface area contributed by atoms with Crippen molar-refractivity contribution in [1.82, 2.24) is 15.1 Å². The van der Waals surface area contributed by atoms with Gasteiger partial charge in [0, 0.05) is 30.1 Å². The topological polar surface area (TPSA) is 71.1 Å². The lowest BCUT2D eigenvalue weighted by Gasteiger charge is -2.52. The van der Waals surface area contributed by atoms with Crippen molar-refractivity contribution in [3.8, 4) is 0 Å². The Morgan fingerprint density at radius 2 is 1.42 bits per heavy atom. The number of carbonyl (C=O) groups excluding carboxylic acids is 2. The third kappa shape index (κ3) is 7.59. The van der Waals surface area contributed by atoms with E-state index >= 15 is 0 Å². The highest BCUT2D eigenvalue weighted by Gasteiger charge is 2.55. The van der Waals surface area contributed by atoms with Crippen molar-refractivity contribution >= 4 is 11.9 Å². The second kappa shape index (κ2) is 15.3. The molecule has 6 unspecified atom stereocenters. The van der Waals surface area contributed by atoms with Gasteiger partial charge in [0.1, 0.15) is 17.7 Å². The van der Waals surface area contributed by atoms with Gasteiger partial charge in [-0.1, -0.05) is 34.6 Å². The van der Waals surface area contributed by atoms with Gasteiger partial charge in [-0.25, -0.2) is 0 Å². The summed E-state index contributed by atoms with van der Waals surface area (Å²) in [6.07, 6.45) is 7.74. The third-order valence-electron chi connectivity index (χ3n) is 10.9. The van der Waals surface area contributed by atoms with E-state index in [1.807, 2.05) is 32.9 Å². The summed E-state index contributed by atoms with van der Waals surface area (Å²) in [5.74, 6) is 1.81. The lowest BCUT2D eigenvalue weighted by Crippen LogP contribution is -2.56. The predicted octanol–water partition coefficient (Wildman–Crippen LogP) is 6.11. The molecule has 43 heavy (non-hydrogen) atoms. The van der Waals surface area contributed by atoms with Crippen LogP contribution in [0.5, 0.6) is 0 Å². The fraction of sp³-hybridized carbons (Fsp3) is 0.750. The van der Waals surface area contributed by atoms with Crippen molar-refractivity contribution in [1.29, 1.82) is 0 Å². The Labute approximate surface area is 261 Å². The van der Waals surface area contributed by atoms with E-state index in [1.165, 1.54) is 18.8 Å². The first-order valence-electron chi connectivity index (χ1n) is 17.2. The second-order valence-electron chi connectivity index (χ2n) is 13.4. The van der Waals surface area contributed by atoms with E-state index < -0.39 is 5.41 Å². The number of nitrogens with one attached hydrogen (secondary N) is 1. The van der Waals surface area contributed by atoms with E-state index in [4.69, 9.17) is 9.47 Å². The van der Waals surface area contributed by atoms with Crippen LogP contribution >= 0.6 is 0 Å². The molecular weight excluding hydrogens is 538 g/mol. The van der Waals surface area contributed by atoms with Gasteiger partial charge in [-0.2, -0.15) is 0 Å². The number of hydrogen-bond donors (Lipinski definition) is 1. The molecule has 0 radical (unpaired) electrons. The molecule has 7 nitrogen and oxygen atoms in total. The average Bonchev–Trinajstić information content (AvgIpc) is 3.02. The average molecular weight is 597 g/mol. The van der Waals surface area contributed by atoms with Crippen molar-refractivity contribution in [2.45, 2.75) is 118 Å². The van der Waals surface area contributed by atoms with E-state index in [0.717, 1.165) is 63.0 Å². The number of benzene rings is 1. The van der Waals surface area contributed by atoms with Crippen LogP contribution in [-0.4, -0.2) is 85.3 Å². The SMILES string of the molecule is CCN(CC)C1CCC2[C+](c3ccccc3C(=O)NCCOC(=O)C(C)(C)CC)C3CCC(N(CC)CC)CC3OC2C1. The van der Waals surface area contributed by atoms with Gasteiger partial charge < -0.3 is 24.6 Å².